The van der Waals surface area contributed by atoms with Gasteiger partial charge in [0.05, 0.1) is 13.8 Å². The van der Waals surface area contributed by atoms with Crippen molar-refractivity contribution in [3.8, 4) is 11.3 Å². The van der Waals surface area contributed by atoms with E-state index in [0.29, 0.717) is 0 Å². The van der Waals surface area contributed by atoms with Crippen molar-refractivity contribution in [2.45, 2.75) is 66.5 Å². The second-order valence-corrected chi connectivity index (χ2v) is 16.9. The monoisotopic (exact) mass is 771 g/mol. The molecule has 0 fully saturated rings. The molecule has 0 aliphatic carbocycles. The van der Waals surface area contributed by atoms with Crippen LogP contribution in [0.2, 0.25) is 13.1 Å². The minimum Gasteiger partial charge on any atom is -0.512 e. The molecule has 1 aliphatic heterocycles. The maximum Gasteiger partial charge on any atom is 0.162 e. The molecule has 0 atom stereocenters. The van der Waals surface area contributed by atoms with Gasteiger partial charge >= 0.3 is 0 Å². The van der Waals surface area contributed by atoms with Gasteiger partial charge in [-0.3, -0.25) is 4.79 Å². The number of aliphatic hydroxyl groups is 1. The number of allylic oxidation sites excluding steroid dienone is 2. The van der Waals surface area contributed by atoms with E-state index >= 15 is 0 Å². The van der Waals surface area contributed by atoms with Crippen LogP contribution >= 0.6 is 11.3 Å². The van der Waals surface area contributed by atoms with Crippen molar-refractivity contribution in [2.24, 2.45) is 11.8 Å². The summed E-state index contributed by atoms with van der Waals surface area (Å²) < 4.78 is 2.71. The Labute approximate surface area is 268 Å². The van der Waals surface area contributed by atoms with Gasteiger partial charge in [-0.15, -0.1) is 34.2 Å². The predicted octanol–water partition coefficient (Wildman–Crippen LogP) is 9.07. The molecule has 0 saturated carbocycles. The van der Waals surface area contributed by atoms with Gasteiger partial charge in [0.1, 0.15) is 0 Å². The van der Waals surface area contributed by atoms with Gasteiger partial charge in [0.2, 0.25) is 0 Å². The average molecular weight is 771 g/mol. The molecule has 1 aliphatic rings. The van der Waals surface area contributed by atoms with Gasteiger partial charge in [-0.2, -0.15) is 0 Å². The first-order valence-electron chi connectivity index (χ1n) is 15.0. The summed E-state index contributed by atoms with van der Waals surface area (Å²) in [5.74, 6) is 0.547. The number of rotatable bonds is 7. The molecule has 0 spiro atoms. The number of ketones is 1. The second-order valence-electron chi connectivity index (χ2n) is 11.6. The van der Waals surface area contributed by atoms with Crippen molar-refractivity contribution >= 4 is 66.5 Å². The number of hydrogen-bond donors (Lipinski definition) is 1. The van der Waals surface area contributed by atoms with Gasteiger partial charge in [-0.1, -0.05) is 93.1 Å². The van der Waals surface area contributed by atoms with Crippen LogP contribution < -0.4 is 10.4 Å². The normalized spacial score (nSPS) is 13.7. The number of aromatic nitrogens is 1. The smallest absolute Gasteiger partial charge is 0.162 e. The maximum absolute atomic E-state index is 11.7. The van der Waals surface area contributed by atoms with Crippen LogP contribution in [0.5, 0.6) is 0 Å². The number of thiophene rings is 1. The molecule has 5 aromatic rings. The zero-order valence-electron chi connectivity index (χ0n) is 25.4. The second kappa shape index (κ2) is 13.3. The Morgan fingerprint density at radius 2 is 1.60 bits per heavy atom. The van der Waals surface area contributed by atoms with Crippen LogP contribution in [-0.2, 0) is 24.9 Å². The molecule has 3 aromatic carbocycles. The summed E-state index contributed by atoms with van der Waals surface area (Å²) in [5, 5.41) is 18.2. The Hall–Kier alpha value is -2.63. The topological polar surface area (TPSA) is 50.2 Å². The van der Waals surface area contributed by atoms with Gasteiger partial charge in [-0.05, 0) is 54.3 Å². The number of carbonyl (C=O) groups excluding carboxylic acids is 1. The van der Waals surface area contributed by atoms with E-state index in [-0.39, 0.29) is 43.5 Å². The third-order valence-electron chi connectivity index (χ3n) is 8.88. The maximum atomic E-state index is 11.7. The van der Waals surface area contributed by atoms with Crippen molar-refractivity contribution in [3.63, 3.8) is 0 Å². The van der Waals surface area contributed by atoms with Crippen molar-refractivity contribution in [3.05, 3.63) is 78.7 Å². The molecule has 2 aromatic heterocycles. The van der Waals surface area contributed by atoms with E-state index in [1.54, 1.807) is 0 Å². The summed E-state index contributed by atoms with van der Waals surface area (Å²) in [6.45, 7) is 13.0. The summed E-state index contributed by atoms with van der Waals surface area (Å²) in [7, 11) is -1.93. The van der Waals surface area contributed by atoms with Crippen LogP contribution in [-0.4, -0.2) is 23.9 Å². The average Bonchev–Trinajstić information content (AvgIpc) is 3.33. The van der Waals surface area contributed by atoms with E-state index in [1.165, 1.54) is 53.0 Å². The summed E-state index contributed by atoms with van der Waals surface area (Å²) in [4.78, 5) is 16.6. The fraction of sp³-hybridized carbons (Fsp3) is 0.333. The quantitative estimate of drug-likeness (QED) is 0.0778. The van der Waals surface area contributed by atoms with Crippen LogP contribution in [0.25, 0.3) is 42.2 Å². The number of aliphatic hydroxyl groups excluding tert-OH is 1. The minimum atomic E-state index is -1.93. The Morgan fingerprint density at radius 3 is 2.29 bits per heavy atom. The number of hydrogen-bond acceptors (Lipinski definition) is 4. The third kappa shape index (κ3) is 5.67. The molecule has 1 radical (unpaired) electrons. The van der Waals surface area contributed by atoms with Gasteiger partial charge in [0.25, 0.3) is 0 Å². The predicted molar refractivity (Wildman–Crippen MR) is 180 cm³/mol. The van der Waals surface area contributed by atoms with Gasteiger partial charge in [-0.25, -0.2) is 0 Å². The number of nitrogens with zero attached hydrogens (tertiary/aromatic N) is 1. The van der Waals surface area contributed by atoms with Crippen LogP contribution in [0.1, 0.15) is 53.4 Å². The number of carbonyl (C=O) groups is 1. The third-order valence-corrected chi connectivity index (χ3v) is 13.5. The molecule has 6 heteroatoms. The molecule has 221 valence electrons. The Kier molecular flexibility index (Phi) is 10.3. The molecule has 42 heavy (non-hydrogen) atoms. The molecular weight excluding hydrogens is 731 g/mol. The minimum absolute atomic E-state index is 0. The fourth-order valence-corrected chi connectivity index (χ4v) is 11.0. The van der Waals surface area contributed by atoms with Crippen LogP contribution in [0.15, 0.2) is 72.6 Å². The van der Waals surface area contributed by atoms with E-state index in [0.717, 1.165) is 31.4 Å². The standard InChI is InChI=1S/C23H16NSSi.C13H24O2.Ir/c1-26(2)19-9-5-8-17-20(19)21-18(25-17)12-13-24-22(21)16-11-10-14-6-3-4-7-15(14)23(16)26;1-5-10(6-2)12(14)9-13(15)11(7-3)8-4;/h3-10,12-13H,1-2H3;9-11,14H,5-8H2,1-4H3;/q-1;;/b;12-9-;. The first-order chi connectivity index (χ1) is 19.8. The summed E-state index contributed by atoms with van der Waals surface area (Å²) in [5.41, 5.74) is 2.32. The molecule has 0 saturated heterocycles. The Morgan fingerprint density at radius 1 is 0.929 bits per heavy atom. The van der Waals surface area contributed by atoms with Gasteiger partial charge in [0, 0.05) is 53.6 Å². The zero-order chi connectivity index (χ0) is 29.3. The number of benzene rings is 3. The number of pyridine rings is 1. The van der Waals surface area contributed by atoms with Crippen LogP contribution in [0.4, 0.5) is 0 Å². The van der Waals surface area contributed by atoms with Crippen LogP contribution in [0.3, 0.4) is 0 Å². The molecule has 1 N–H and O–H groups in total. The van der Waals surface area contributed by atoms with E-state index in [2.05, 4.69) is 73.8 Å². The first kappa shape index (κ1) is 32.3. The Bertz CT molecular complexity index is 1770. The molecule has 0 unspecified atom stereocenters. The SMILES string of the molecule is CCC(CC)C(=O)/C=C(\O)C(CC)CC.C[Si]1(C)c2c([c-]cc3ccccc23)-c2nccc3sc4cccc1c4c23.[Ir]. The summed E-state index contributed by atoms with van der Waals surface area (Å²) in [6, 6.07) is 23.5. The van der Waals surface area contributed by atoms with Crippen molar-refractivity contribution in [1.82, 2.24) is 4.98 Å². The molecular formula is C36H40IrNO2SSi-. The van der Waals surface area contributed by atoms with Gasteiger partial charge < -0.3 is 10.1 Å². The molecule has 0 amide bonds. The summed E-state index contributed by atoms with van der Waals surface area (Å²) >= 11 is 1.89. The Balaban J connectivity index is 0.000000221. The van der Waals surface area contributed by atoms with Gasteiger partial charge in [0.15, 0.2) is 5.78 Å². The fourth-order valence-electron chi connectivity index (χ4n) is 6.43. The van der Waals surface area contributed by atoms with E-state index in [4.69, 9.17) is 4.98 Å². The number of fused-ring (bicyclic) bond motifs is 4. The van der Waals surface area contributed by atoms with Crippen molar-refractivity contribution in [2.75, 3.05) is 0 Å². The molecule has 0 bridgehead atoms. The van der Waals surface area contributed by atoms with E-state index in [9.17, 15) is 9.90 Å². The molecule has 3 nitrogen and oxygen atoms in total. The zero-order valence-corrected chi connectivity index (χ0v) is 29.6. The molecule has 3 heterocycles. The molecule has 6 rings (SSSR count). The van der Waals surface area contributed by atoms with E-state index in [1.807, 2.05) is 45.2 Å². The largest absolute Gasteiger partial charge is 0.512 e. The van der Waals surface area contributed by atoms with Crippen molar-refractivity contribution < 1.29 is 30.0 Å². The van der Waals surface area contributed by atoms with Crippen molar-refractivity contribution in [1.29, 1.82) is 0 Å². The first-order valence-corrected chi connectivity index (χ1v) is 18.8. The van der Waals surface area contributed by atoms with E-state index < -0.39 is 8.07 Å². The summed E-state index contributed by atoms with van der Waals surface area (Å²) in [6.07, 6.45) is 6.86. The van der Waals surface area contributed by atoms with Crippen LogP contribution in [0, 0.1) is 17.9 Å².